The Bertz CT molecular complexity index is 436. The van der Waals surface area contributed by atoms with Gasteiger partial charge in [-0.05, 0) is 40.3 Å². The fourth-order valence-corrected chi connectivity index (χ4v) is 1.80. The number of rotatable bonds is 3. The number of hydrogen-bond acceptors (Lipinski definition) is 2. The summed E-state index contributed by atoms with van der Waals surface area (Å²) in [6, 6.07) is 8.07. The van der Waals surface area contributed by atoms with E-state index in [0.29, 0.717) is 0 Å². The summed E-state index contributed by atoms with van der Waals surface area (Å²) in [4.78, 5) is 4.08. The predicted molar refractivity (Wildman–Crippen MR) is 67.0 cm³/mol. The van der Waals surface area contributed by atoms with Crippen molar-refractivity contribution in [1.29, 1.82) is 0 Å². The molecule has 0 fully saturated rings. The van der Waals surface area contributed by atoms with Crippen molar-refractivity contribution >= 4 is 22.6 Å². The van der Waals surface area contributed by atoms with Crippen LogP contribution in [0.2, 0.25) is 0 Å². The molecule has 0 aliphatic rings. The number of imidazole rings is 1. The van der Waals surface area contributed by atoms with E-state index in [0.717, 1.165) is 16.0 Å². The second kappa shape index (κ2) is 4.65. The first kappa shape index (κ1) is 10.5. The molecule has 0 N–H and O–H groups in total. The maximum atomic E-state index is 5.11. The zero-order valence-corrected chi connectivity index (χ0v) is 10.5. The highest BCUT2D eigenvalue weighted by atomic mass is 127. The molecule has 78 valence electrons. The number of hydrogen-bond donors (Lipinski definition) is 0. The van der Waals surface area contributed by atoms with Crippen LogP contribution in [-0.2, 0) is 6.54 Å². The molecular formula is C11H11IN2O. The van der Waals surface area contributed by atoms with E-state index in [1.165, 1.54) is 5.56 Å². The Morgan fingerprint density at radius 2 is 2.07 bits per heavy atom. The highest BCUT2D eigenvalue weighted by molar-refractivity contribution is 14.1. The lowest BCUT2D eigenvalue weighted by Crippen LogP contribution is -1.99. The molecule has 0 atom stereocenters. The first-order valence-corrected chi connectivity index (χ1v) is 5.66. The van der Waals surface area contributed by atoms with Gasteiger partial charge in [-0.3, -0.25) is 0 Å². The first-order valence-electron chi connectivity index (χ1n) is 4.58. The monoisotopic (exact) mass is 314 g/mol. The van der Waals surface area contributed by atoms with Gasteiger partial charge in [-0.15, -0.1) is 0 Å². The maximum Gasteiger partial charge on any atom is 0.118 e. The van der Waals surface area contributed by atoms with Gasteiger partial charge in [0.2, 0.25) is 0 Å². The van der Waals surface area contributed by atoms with Crippen molar-refractivity contribution < 1.29 is 4.74 Å². The molecule has 0 bridgehead atoms. The van der Waals surface area contributed by atoms with E-state index >= 15 is 0 Å². The number of ether oxygens (including phenoxy) is 1. The lowest BCUT2D eigenvalue weighted by Gasteiger charge is -2.05. The van der Waals surface area contributed by atoms with Gasteiger partial charge in [0.1, 0.15) is 5.75 Å². The van der Waals surface area contributed by atoms with E-state index < -0.39 is 0 Å². The molecule has 3 nitrogen and oxygen atoms in total. The zero-order valence-electron chi connectivity index (χ0n) is 8.35. The molecule has 2 aromatic rings. The lowest BCUT2D eigenvalue weighted by molar-refractivity contribution is 0.414. The van der Waals surface area contributed by atoms with Crippen LogP contribution in [0.25, 0.3) is 0 Å². The molecule has 0 saturated carbocycles. The average Bonchev–Trinajstić information content (AvgIpc) is 2.66. The van der Waals surface area contributed by atoms with Gasteiger partial charge < -0.3 is 9.30 Å². The van der Waals surface area contributed by atoms with Crippen LogP contribution in [0.3, 0.4) is 0 Å². The SMILES string of the molecule is COc1ccc(Cn2cncc2I)cc1. The van der Waals surface area contributed by atoms with Gasteiger partial charge in [0, 0.05) is 6.54 Å². The molecule has 2 rings (SSSR count). The van der Waals surface area contributed by atoms with Crippen molar-refractivity contribution in [3.63, 3.8) is 0 Å². The van der Waals surface area contributed by atoms with Crippen LogP contribution in [0.1, 0.15) is 5.56 Å². The second-order valence-corrected chi connectivity index (χ2v) is 4.30. The van der Waals surface area contributed by atoms with Crippen molar-refractivity contribution in [2.45, 2.75) is 6.54 Å². The van der Waals surface area contributed by atoms with Crippen LogP contribution >= 0.6 is 22.6 Å². The standard InChI is InChI=1S/C11H11IN2O/c1-15-10-4-2-9(3-5-10)7-14-8-13-6-11(14)12/h2-6,8H,7H2,1H3. The summed E-state index contributed by atoms with van der Waals surface area (Å²) in [5.41, 5.74) is 1.24. The molecule has 1 heterocycles. The van der Waals surface area contributed by atoms with Crippen LogP contribution in [0.15, 0.2) is 36.8 Å². The minimum absolute atomic E-state index is 0.849. The van der Waals surface area contributed by atoms with E-state index in [4.69, 9.17) is 4.74 Å². The van der Waals surface area contributed by atoms with Gasteiger partial charge in [0.05, 0.1) is 23.3 Å². The third kappa shape index (κ3) is 2.50. The number of aromatic nitrogens is 2. The smallest absolute Gasteiger partial charge is 0.118 e. The molecule has 0 unspecified atom stereocenters. The summed E-state index contributed by atoms with van der Waals surface area (Å²) < 4.78 is 8.35. The largest absolute Gasteiger partial charge is 0.497 e. The highest BCUT2D eigenvalue weighted by Crippen LogP contribution is 2.13. The third-order valence-electron chi connectivity index (χ3n) is 2.17. The first-order chi connectivity index (χ1) is 7.29. The Kier molecular flexibility index (Phi) is 3.25. The molecule has 0 aliphatic heterocycles. The topological polar surface area (TPSA) is 27.1 Å². The number of nitrogens with zero attached hydrogens (tertiary/aromatic N) is 2. The molecule has 0 amide bonds. The molecule has 0 spiro atoms. The van der Waals surface area contributed by atoms with Crippen LogP contribution in [-0.4, -0.2) is 16.7 Å². The Balaban J connectivity index is 2.14. The molecular weight excluding hydrogens is 303 g/mol. The maximum absolute atomic E-state index is 5.11. The summed E-state index contributed by atoms with van der Waals surface area (Å²) >= 11 is 2.27. The van der Waals surface area contributed by atoms with Crippen LogP contribution in [0.4, 0.5) is 0 Å². The molecule has 1 aromatic heterocycles. The minimum atomic E-state index is 0.849. The third-order valence-corrected chi connectivity index (χ3v) is 3.07. The van der Waals surface area contributed by atoms with E-state index in [-0.39, 0.29) is 0 Å². The van der Waals surface area contributed by atoms with Gasteiger partial charge in [0.15, 0.2) is 0 Å². The summed E-state index contributed by atoms with van der Waals surface area (Å²) in [5.74, 6) is 0.888. The van der Waals surface area contributed by atoms with Crippen molar-refractivity contribution in [2.75, 3.05) is 7.11 Å². The minimum Gasteiger partial charge on any atom is -0.497 e. The summed E-state index contributed by atoms with van der Waals surface area (Å²) in [6.07, 6.45) is 3.69. The molecule has 0 radical (unpaired) electrons. The van der Waals surface area contributed by atoms with Crippen molar-refractivity contribution in [1.82, 2.24) is 9.55 Å². The summed E-state index contributed by atoms with van der Waals surface area (Å²) in [6.45, 7) is 0.849. The fourth-order valence-electron chi connectivity index (χ4n) is 1.35. The van der Waals surface area contributed by atoms with E-state index in [2.05, 4.69) is 44.3 Å². The van der Waals surface area contributed by atoms with Crippen molar-refractivity contribution in [3.05, 3.63) is 46.1 Å². The Labute approximate surface area is 102 Å². The normalized spacial score (nSPS) is 10.3. The van der Waals surface area contributed by atoms with Crippen LogP contribution in [0, 0.1) is 3.70 Å². The lowest BCUT2D eigenvalue weighted by atomic mass is 10.2. The Morgan fingerprint density at radius 1 is 1.33 bits per heavy atom. The van der Waals surface area contributed by atoms with Gasteiger partial charge in [-0.2, -0.15) is 0 Å². The molecule has 0 saturated heterocycles. The van der Waals surface area contributed by atoms with Crippen molar-refractivity contribution in [2.24, 2.45) is 0 Å². The zero-order chi connectivity index (χ0) is 10.7. The van der Waals surface area contributed by atoms with Crippen LogP contribution in [0.5, 0.6) is 5.75 Å². The molecule has 1 aromatic carbocycles. The fraction of sp³-hybridized carbons (Fsp3) is 0.182. The summed E-state index contributed by atoms with van der Waals surface area (Å²) in [5, 5.41) is 0. The predicted octanol–water partition coefficient (Wildman–Crippen LogP) is 2.54. The number of benzene rings is 1. The number of halogens is 1. The van der Waals surface area contributed by atoms with Crippen molar-refractivity contribution in [3.8, 4) is 5.75 Å². The molecule has 15 heavy (non-hydrogen) atoms. The number of methoxy groups -OCH3 is 1. The Hall–Kier alpha value is -1.04. The molecule has 4 heteroatoms. The molecule has 0 aliphatic carbocycles. The average molecular weight is 314 g/mol. The van der Waals surface area contributed by atoms with E-state index in [1.807, 2.05) is 24.7 Å². The van der Waals surface area contributed by atoms with Gasteiger partial charge in [-0.25, -0.2) is 4.98 Å². The summed E-state index contributed by atoms with van der Waals surface area (Å²) in [7, 11) is 1.67. The van der Waals surface area contributed by atoms with E-state index in [1.54, 1.807) is 7.11 Å². The van der Waals surface area contributed by atoms with Gasteiger partial charge >= 0.3 is 0 Å². The second-order valence-electron chi connectivity index (χ2n) is 3.19. The van der Waals surface area contributed by atoms with Gasteiger partial charge in [-0.1, -0.05) is 12.1 Å². The quantitative estimate of drug-likeness (QED) is 0.814. The van der Waals surface area contributed by atoms with Gasteiger partial charge in [0.25, 0.3) is 0 Å². The Morgan fingerprint density at radius 3 is 2.60 bits per heavy atom. The van der Waals surface area contributed by atoms with E-state index in [9.17, 15) is 0 Å². The highest BCUT2D eigenvalue weighted by Gasteiger charge is 1.99. The van der Waals surface area contributed by atoms with Crippen LogP contribution < -0.4 is 4.74 Å².